The van der Waals surface area contributed by atoms with E-state index in [9.17, 15) is 9.59 Å². The van der Waals surface area contributed by atoms with Crippen LogP contribution in [0.25, 0.3) is 11.6 Å². The Hall–Kier alpha value is -4.08. The average Bonchev–Trinajstić information content (AvgIpc) is 3.07. The molecular formula is C24H16ClN3O3. The summed E-state index contributed by atoms with van der Waals surface area (Å²) in [5.74, 6) is 0.0334. The molecule has 0 saturated carbocycles. The quantitative estimate of drug-likeness (QED) is 0.574. The summed E-state index contributed by atoms with van der Waals surface area (Å²) in [7, 11) is 0. The Balaban J connectivity index is 1.37. The predicted octanol–water partition coefficient (Wildman–Crippen LogP) is 4.72. The number of ether oxygens (including phenoxy) is 1. The van der Waals surface area contributed by atoms with E-state index in [0.29, 0.717) is 33.3 Å². The number of nitrogens with one attached hydrogen (secondary N) is 2. The van der Waals surface area contributed by atoms with Gasteiger partial charge in [-0.25, -0.2) is 0 Å². The molecule has 0 radical (unpaired) electrons. The Morgan fingerprint density at radius 2 is 1.84 bits per heavy atom. The molecule has 1 heterocycles. The third-order valence-electron chi connectivity index (χ3n) is 4.62. The van der Waals surface area contributed by atoms with Gasteiger partial charge in [-0.05, 0) is 60.2 Å². The van der Waals surface area contributed by atoms with Crippen LogP contribution in [0.15, 0.2) is 66.7 Å². The first-order valence-electron chi connectivity index (χ1n) is 9.38. The van der Waals surface area contributed by atoms with Gasteiger partial charge in [0.25, 0.3) is 11.8 Å². The zero-order valence-electron chi connectivity index (χ0n) is 16.2. The largest absolute Gasteiger partial charge is 0.484 e. The van der Waals surface area contributed by atoms with E-state index in [2.05, 4.69) is 10.6 Å². The number of anilines is 2. The molecule has 2 amide bonds. The van der Waals surface area contributed by atoms with Crippen LogP contribution in [0.3, 0.4) is 0 Å². The highest BCUT2D eigenvalue weighted by atomic mass is 35.5. The molecule has 0 bridgehead atoms. The maximum atomic E-state index is 12.3. The minimum atomic E-state index is -0.311. The van der Waals surface area contributed by atoms with E-state index in [0.717, 1.165) is 11.1 Å². The number of rotatable bonds is 5. The van der Waals surface area contributed by atoms with Crippen LogP contribution in [0, 0.1) is 11.3 Å². The van der Waals surface area contributed by atoms with Crippen molar-refractivity contribution in [2.75, 3.05) is 17.2 Å². The van der Waals surface area contributed by atoms with Crippen LogP contribution in [-0.4, -0.2) is 18.4 Å². The number of nitriles is 1. The van der Waals surface area contributed by atoms with Gasteiger partial charge in [0.1, 0.15) is 5.75 Å². The van der Waals surface area contributed by atoms with Crippen molar-refractivity contribution in [3.63, 3.8) is 0 Å². The maximum absolute atomic E-state index is 12.3. The van der Waals surface area contributed by atoms with Gasteiger partial charge in [-0.15, -0.1) is 0 Å². The van der Waals surface area contributed by atoms with Crippen molar-refractivity contribution in [3.8, 4) is 11.8 Å². The van der Waals surface area contributed by atoms with E-state index in [1.807, 2.05) is 24.3 Å². The number of nitrogens with zero attached hydrogens (tertiary/aromatic N) is 1. The molecule has 0 aromatic heterocycles. The molecule has 1 aliphatic heterocycles. The summed E-state index contributed by atoms with van der Waals surface area (Å²) in [6.07, 6.45) is 1.79. The summed E-state index contributed by atoms with van der Waals surface area (Å²) in [4.78, 5) is 24.3. The van der Waals surface area contributed by atoms with Gasteiger partial charge in [-0.2, -0.15) is 5.26 Å². The number of amides is 2. The lowest BCUT2D eigenvalue weighted by Gasteiger charge is -2.08. The van der Waals surface area contributed by atoms with Crippen molar-refractivity contribution in [2.45, 2.75) is 0 Å². The fourth-order valence-electron chi connectivity index (χ4n) is 3.11. The van der Waals surface area contributed by atoms with Crippen molar-refractivity contribution in [1.82, 2.24) is 0 Å². The molecule has 1 aliphatic rings. The lowest BCUT2D eigenvalue weighted by Crippen LogP contribution is -2.20. The summed E-state index contributed by atoms with van der Waals surface area (Å²) < 4.78 is 5.52. The van der Waals surface area contributed by atoms with Gasteiger partial charge in [-0.1, -0.05) is 29.8 Å². The molecule has 4 rings (SSSR count). The zero-order valence-corrected chi connectivity index (χ0v) is 16.9. The van der Waals surface area contributed by atoms with E-state index in [4.69, 9.17) is 21.6 Å². The van der Waals surface area contributed by atoms with E-state index >= 15 is 0 Å². The first-order valence-corrected chi connectivity index (χ1v) is 9.75. The highest BCUT2D eigenvalue weighted by Gasteiger charge is 2.24. The molecule has 0 saturated heterocycles. The summed E-state index contributed by atoms with van der Waals surface area (Å²) in [5, 5.41) is 14.9. The number of carbonyl (C=O) groups excluding carboxylic acids is 2. The zero-order chi connectivity index (χ0) is 21.8. The topological polar surface area (TPSA) is 91.2 Å². The number of benzene rings is 3. The summed E-state index contributed by atoms with van der Waals surface area (Å²) in [6.45, 7) is -0.156. The Labute approximate surface area is 183 Å². The highest BCUT2D eigenvalue weighted by Crippen LogP contribution is 2.35. The fourth-order valence-corrected chi connectivity index (χ4v) is 3.28. The van der Waals surface area contributed by atoms with Gasteiger partial charge < -0.3 is 15.4 Å². The molecule has 0 aliphatic carbocycles. The smallest absolute Gasteiger partial charge is 0.262 e. The molecule has 31 heavy (non-hydrogen) atoms. The lowest BCUT2D eigenvalue weighted by molar-refractivity contribution is -0.118. The van der Waals surface area contributed by atoms with Gasteiger partial charge in [0.15, 0.2) is 6.61 Å². The van der Waals surface area contributed by atoms with Crippen LogP contribution in [0.4, 0.5) is 11.4 Å². The molecule has 152 valence electrons. The summed E-state index contributed by atoms with van der Waals surface area (Å²) in [5.41, 5.74) is 3.98. The highest BCUT2D eigenvalue weighted by molar-refractivity contribution is 6.36. The van der Waals surface area contributed by atoms with Crippen LogP contribution in [-0.2, 0) is 9.59 Å². The normalized spacial score (nSPS) is 13.3. The Bertz CT molecular complexity index is 1230. The number of fused-ring (bicyclic) bond motifs is 1. The van der Waals surface area contributed by atoms with E-state index in [-0.39, 0.29) is 18.4 Å². The number of carbonyl (C=O) groups is 2. The van der Waals surface area contributed by atoms with Crippen LogP contribution < -0.4 is 15.4 Å². The van der Waals surface area contributed by atoms with E-state index in [1.165, 1.54) is 0 Å². The van der Waals surface area contributed by atoms with Gasteiger partial charge in [0.05, 0.1) is 17.3 Å². The second kappa shape index (κ2) is 8.74. The Morgan fingerprint density at radius 3 is 2.55 bits per heavy atom. The lowest BCUT2D eigenvalue weighted by atomic mass is 10.0. The van der Waals surface area contributed by atoms with Gasteiger partial charge >= 0.3 is 0 Å². The molecule has 0 atom stereocenters. The molecular weight excluding hydrogens is 414 g/mol. The predicted molar refractivity (Wildman–Crippen MR) is 120 cm³/mol. The number of hydrogen-bond donors (Lipinski definition) is 2. The fraction of sp³-hybridized carbons (Fsp3) is 0.0417. The summed E-state index contributed by atoms with van der Waals surface area (Å²) in [6, 6.07) is 20.9. The van der Waals surface area contributed by atoms with Crippen molar-refractivity contribution in [3.05, 3.63) is 88.4 Å². The van der Waals surface area contributed by atoms with Crippen LogP contribution in [0.5, 0.6) is 5.75 Å². The molecule has 3 aromatic carbocycles. The third kappa shape index (κ3) is 4.74. The van der Waals surface area contributed by atoms with Gasteiger partial charge in [-0.3, -0.25) is 9.59 Å². The second-order valence-corrected chi connectivity index (χ2v) is 7.23. The van der Waals surface area contributed by atoms with Crippen molar-refractivity contribution < 1.29 is 14.3 Å². The molecule has 0 spiro atoms. The van der Waals surface area contributed by atoms with Crippen LogP contribution in [0.1, 0.15) is 16.7 Å². The van der Waals surface area contributed by atoms with Crippen LogP contribution in [0.2, 0.25) is 5.02 Å². The minimum Gasteiger partial charge on any atom is -0.484 e. The van der Waals surface area contributed by atoms with Crippen molar-refractivity contribution in [1.29, 1.82) is 5.26 Å². The first kappa shape index (κ1) is 20.2. The van der Waals surface area contributed by atoms with Gasteiger partial charge in [0, 0.05) is 21.8 Å². The number of hydrogen-bond acceptors (Lipinski definition) is 4. The molecule has 0 fully saturated rings. The third-order valence-corrected chi connectivity index (χ3v) is 4.86. The molecule has 0 unspecified atom stereocenters. The maximum Gasteiger partial charge on any atom is 0.262 e. The van der Waals surface area contributed by atoms with Gasteiger partial charge in [0.2, 0.25) is 0 Å². The van der Waals surface area contributed by atoms with Crippen molar-refractivity contribution in [2.24, 2.45) is 0 Å². The number of halogens is 1. The average molecular weight is 430 g/mol. The molecule has 3 aromatic rings. The molecule has 7 heteroatoms. The van der Waals surface area contributed by atoms with Crippen molar-refractivity contribution >= 4 is 46.4 Å². The molecule has 6 nitrogen and oxygen atoms in total. The Kier molecular flexibility index (Phi) is 5.69. The van der Waals surface area contributed by atoms with Crippen LogP contribution >= 0.6 is 11.6 Å². The summed E-state index contributed by atoms with van der Waals surface area (Å²) >= 11 is 5.98. The second-order valence-electron chi connectivity index (χ2n) is 6.80. The first-order chi connectivity index (χ1) is 15.0. The SMILES string of the molecule is N#Cc1ccc(NC(=O)COc2ccc(/C=C3\C(=O)Nc4cc(Cl)ccc43)cc2)cc1. The standard InChI is InChI=1S/C24H16ClN3O3/c25-17-5-10-20-21(24(30)28-22(20)12-17)11-15-3-8-19(9-4-15)31-14-23(29)27-18-6-1-16(13-26)2-7-18/h1-12H,14H2,(H,27,29)(H,28,30)/b21-11-. The van der Waals surface area contributed by atoms with E-state index in [1.54, 1.807) is 54.6 Å². The van der Waals surface area contributed by atoms with E-state index < -0.39 is 0 Å². The molecule has 2 N–H and O–H groups in total. The minimum absolute atomic E-state index is 0.156. The Morgan fingerprint density at radius 1 is 1.10 bits per heavy atom. The monoisotopic (exact) mass is 429 g/mol.